The van der Waals surface area contributed by atoms with Crippen LogP contribution in [-0.2, 0) is 11.2 Å². The molecule has 0 atom stereocenters. The Morgan fingerprint density at radius 3 is 2.91 bits per heavy atom. The molecule has 0 aliphatic rings. The second-order valence-electron chi connectivity index (χ2n) is 5.91. The molecular formula is C18H21N3OS. The highest BCUT2D eigenvalue weighted by Crippen LogP contribution is 2.25. The van der Waals surface area contributed by atoms with E-state index >= 15 is 0 Å². The van der Waals surface area contributed by atoms with Crippen LogP contribution in [0.3, 0.4) is 0 Å². The second-order valence-corrected chi connectivity index (χ2v) is 6.81. The number of hydrogen-bond acceptors (Lipinski definition) is 3. The summed E-state index contributed by atoms with van der Waals surface area (Å²) in [6, 6.07) is 8.91. The average Bonchev–Trinajstić information content (AvgIpc) is 3.15. The van der Waals surface area contributed by atoms with E-state index in [2.05, 4.69) is 59.2 Å². The van der Waals surface area contributed by atoms with Gasteiger partial charge in [-0.05, 0) is 38.3 Å². The van der Waals surface area contributed by atoms with Crippen LogP contribution in [0.2, 0.25) is 0 Å². The van der Waals surface area contributed by atoms with E-state index in [0.717, 1.165) is 12.8 Å². The standard InChI is InChI=1S/C18H21N3OS/c1-13(2)21-12-14(15-7-3-4-8-16(15)21)6-5-9-17(22)20-18-19-10-11-23-18/h3-4,7-8,10-13H,5-6,9H2,1-2H3,(H,19,20,22). The fraction of sp³-hybridized carbons (Fsp3) is 0.333. The second kappa shape index (κ2) is 6.96. The van der Waals surface area contributed by atoms with Gasteiger partial charge < -0.3 is 9.88 Å². The summed E-state index contributed by atoms with van der Waals surface area (Å²) in [7, 11) is 0. The summed E-state index contributed by atoms with van der Waals surface area (Å²) in [5, 5.41) is 6.66. The first-order valence-corrected chi connectivity index (χ1v) is 8.81. The smallest absolute Gasteiger partial charge is 0.226 e. The molecule has 0 spiro atoms. The van der Waals surface area contributed by atoms with E-state index in [4.69, 9.17) is 0 Å². The number of fused-ring (bicyclic) bond motifs is 1. The predicted molar refractivity (Wildman–Crippen MR) is 96.0 cm³/mol. The van der Waals surface area contributed by atoms with Crippen molar-refractivity contribution in [1.29, 1.82) is 0 Å². The minimum Gasteiger partial charge on any atom is -0.345 e. The van der Waals surface area contributed by atoms with Gasteiger partial charge in [0.25, 0.3) is 0 Å². The molecular weight excluding hydrogens is 306 g/mol. The molecule has 0 bridgehead atoms. The minimum absolute atomic E-state index is 0.0348. The van der Waals surface area contributed by atoms with Crippen molar-refractivity contribution < 1.29 is 4.79 Å². The first-order chi connectivity index (χ1) is 11.1. The highest BCUT2D eigenvalue weighted by atomic mass is 32.1. The molecule has 0 aliphatic heterocycles. The van der Waals surface area contributed by atoms with Crippen LogP contribution < -0.4 is 5.32 Å². The lowest BCUT2D eigenvalue weighted by Gasteiger charge is -2.08. The monoisotopic (exact) mass is 327 g/mol. The molecule has 1 amide bonds. The van der Waals surface area contributed by atoms with Gasteiger partial charge in [0.1, 0.15) is 0 Å². The SMILES string of the molecule is CC(C)n1cc(CCCC(=O)Nc2nccs2)c2ccccc21. The largest absolute Gasteiger partial charge is 0.345 e. The van der Waals surface area contributed by atoms with Crippen LogP contribution in [0.4, 0.5) is 5.13 Å². The summed E-state index contributed by atoms with van der Waals surface area (Å²) >= 11 is 1.44. The van der Waals surface area contributed by atoms with Gasteiger partial charge in [0.05, 0.1) is 0 Å². The molecule has 2 aromatic heterocycles. The first-order valence-electron chi connectivity index (χ1n) is 7.93. The fourth-order valence-corrected chi connectivity index (χ4v) is 3.36. The minimum atomic E-state index is 0.0348. The van der Waals surface area contributed by atoms with E-state index in [1.165, 1.54) is 27.8 Å². The van der Waals surface area contributed by atoms with E-state index < -0.39 is 0 Å². The van der Waals surface area contributed by atoms with E-state index in [0.29, 0.717) is 17.6 Å². The molecule has 0 saturated heterocycles. The van der Waals surface area contributed by atoms with Crippen molar-refractivity contribution in [3.8, 4) is 0 Å². The van der Waals surface area contributed by atoms with Gasteiger partial charge in [-0.25, -0.2) is 4.98 Å². The molecule has 1 aromatic carbocycles. The number of anilines is 1. The lowest BCUT2D eigenvalue weighted by atomic mass is 10.1. The number of carbonyl (C=O) groups is 1. The molecule has 0 saturated carbocycles. The van der Waals surface area contributed by atoms with Gasteiger partial charge >= 0.3 is 0 Å². The summed E-state index contributed by atoms with van der Waals surface area (Å²) in [4.78, 5) is 16.0. The number of thiazole rings is 1. The van der Waals surface area contributed by atoms with Crippen LogP contribution in [0.15, 0.2) is 42.0 Å². The van der Waals surface area contributed by atoms with Crippen LogP contribution in [0.5, 0.6) is 0 Å². The Hall–Kier alpha value is -2.14. The molecule has 4 nitrogen and oxygen atoms in total. The number of benzene rings is 1. The molecule has 23 heavy (non-hydrogen) atoms. The van der Waals surface area contributed by atoms with Gasteiger partial charge in [0.15, 0.2) is 5.13 Å². The van der Waals surface area contributed by atoms with Crippen molar-refractivity contribution in [2.24, 2.45) is 0 Å². The number of rotatable bonds is 6. The van der Waals surface area contributed by atoms with Crippen molar-refractivity contribution in [3.05, 3.63) is 47.6 Å². The van der Waals surface area contributed by atoms with Crippen LogP contribution >= 0.6 is 11.3 Å². The topological polar surface area (TPSA) is 46.9 Å². The molecule has 3 aromatic rings. The van der Waals surface area contributed by atoms with Crippen LogP contribution in [0, 0.1) is 0 Å². The van der Waals surface area contributed by atoms with Gasteiger partial charge in [-0.2, -0.15) is 0 Å². The van der Waals surface area contributed by atoms with E-state index in [1.807, 2.05) is 5.38 Å². The Labute approximate surface area is 140 Å². The highest BCUT2D eigenvalue weighted by molar-refractivity contribution is 7.13. The summed E-state index contributed by atoms with van der Waals surface area (Å²) < 4.78 is 2.31. The zero-order valence-electron chi connectivity index (χ0n) is 13.5. The third kappa shape index (κ3) is 3.62. The number of aryl methyl sites for hydroxylation is 1. The summed E-state index contributed by atoms with van der Waals surface area (Å²) in [6.07, 6.45) is 6.19. The molecule has 0 radical (unpaired) electrons. The van der Waals surface area contributed by atoms with E-state index in [1.54, 1.807) is 6.20 Å². The molecule has 2 heterocycles. The third-order valence-electron chi connectivity index (χ3n) is 3.91. The maximum Gasteiger partial charge on any atom is 0.226 e. The molecule has 1 N–H and O–H groups in total. The molecule has 5 heteroatoms. The number of aromatic nitrogens is 2. The lowest BCUT2D eigenvalue weighted by molar-refractivity contribution is -0.116. The Morgan fingerprint density at radius 2 is 2.17 bits per heavy atom. The Bertz CT molecular complexity index is 790. The van der Waals surface area contributed by atoms with Crippen molar-refractivity contribution in [2.45, 2.75) is 39.2 Å². The maximum atomic E-state index is 11.9. The predicted octanol–water partition coefficient (Wildman–Crippen LogP) is 4.64. The van der Waals surface area contributed by atoms with Crippen molar-refractivity contribution in [2.75, 3.05) is 5.32 Å². The maximum absolute atomic E-state index is 11.9. The Balaban J connectivity index is 1.64. The molecule has 0 unspecified atom stereocenters. The van der Waals surface area contributed by atoms with E-state index in [-0.39, 0.29) is 5.91 Å². The molecule has 0 fully saturated rings. The van der Waals surface area contributed by atoms with Crippen LogP contribution in [0.1, 0.15) is 38.3 Å². The van der Waals surface area contributed by atoms with Crippen LogP contribution in [0.25, 0.3) is 10.9 Å². The van der Waals surface area contributed by atoms with Crippen LogP contribution in [-0.4, -0.2) is 15.5 Å². The van der Waals surface area contributed by atoms with Gasteiger partial charge in [-0.3, -0.25) is 4.79 Å². The van der Waals surface area contributed by atoms with E-state index in [9.17, 15) is 4.79 Å². The molecule has 120 valence electrons. The number of nitrogens with one attached hydrogen (secondary N) is 1. The molecule has 3 rings (SSSR count). The molecule has 0 aliphatic carbocycles. The summed E-state index contributed by atoms with van der Waals surface area (Å²) in [6.45, 7) is 4.38. The van der Waals surface area contributed by atoms with Crippen molar-refractivity contribution in [3.63, 3.8) is 0 Å². The number of nitrogens with zero attached hydrogens (tertiary/aromatic N) is 2. The summed E-state index contributed by atoms with van der Waals surface area (Å²) in [5.41, 5.74) is 2.58. The lowest BCUT2D eigenvalue weighted by Crippen LogP contribution is -2.11. The average molecular weight is 327 g/mol. The normalized spacial score (nSPS) is 11.3. The number of para-hydroxylation sites is 1. The summed E-state index contributed by atoms with van der Waals surface area (Å²) in [5.74, 6) is 0.0348. The van der Waals surface area contributed by atoms with Crippen molar-refractivity contribution >= 4 is 33.3 Å². The van der Waals surface area contributed by atoms with Gasteiger partial charge in [-0.1, -0.05) is 18.2 Å². The Kier molecular flexibility index (Phi) is 4.76. The van der Waals surface area contributed by atoms with Gasteiger partial charge in [0, 0.05) is 41.1 Å². The number of hydrogen-bond donors (Lipinski definition) is 1. The van der Waals surface area contributed by atoms with Gasteiger partial charge in [-0.15, -0.1) is 11.3 Å². The zero-order valence-corrected chi connectivity index (χ0v) is 14.3. The quantitative estimate of drug-likeness (QED) is 0.717. The fourth-order valence-electron chi connectivity index (χ4n) is 2.81. The first kappa shape index (κ1) is 15.7. The highest BCUT2D eigenvalue weighted by Gasteiger charge is 2.11. The zero-order chi connectivity index (χ0) is 16.2. The third-order valence-corrected chi connectivity index (χ3v) is 4.60. The van der Waals surface area contributed by atoms with Crippen molar-refractivity contribution in [1.82, 2.24) is 9.55 Å². The van der Waals surface area contributed by atoms with Gasteiger partial charge in [0.2, 0.25) is 5.91 Å². The number of carbonyl (C=O) groups excluding carboxylic acids is 1. The number of amides is 1. The Morgan fingerprint density at radius 1 is 1.35 bits per heavy atom.